The van der Waals surface area contributed by atoms with Crippen LogP contribution in [0.1, 0.15) is 52.6 Å². The molecule has 0 fully saturated rings. The predicted molar refractivity (Wildman–Crippen MR) is 120 cm³/mol. The lowest BCUT2D eigenvalue weighted by atomic mass is 10.0. The van der Waals surface area contributed by atoms with E-state index in [-0.39, 0.29) is 30.2 Å². The van der Waals surface area contributed by atoms with Gasteiger partial charge < -0.3 is 19.7 Å². The van der Waals surface area contributed by atoms with E-state index in [2.05, 4.69) is 5.32 Å². The first-order valence-electron chi connectivity index (χ1n) is 10.4. The number of nitro benzene ring substituents is 1. The highest BCUT2D eigenvalue weighted by Crippen LogP contribution is 2.28. The van der Waals surface area contributed by atoms with E-state index >= 15 is 0 Å². The number of nitrogens with one attached hydrogen (secondary N) is 1. The number of esters is 1. The van der Waals surface area contributed by atoms with Crippen molar-refractivity contribution >= 4 is 23.5 Å². The largest absolute Gasteiger partial charge is 0.483 e. The van der Waals surface area contributed by atoms with Crippen molar-refractivity contribution in [3.05, 3.63) is 69.3 Å². The summed E-state index contributed by atoms with van der Waals surface area (Å²) in [6.07, 6.45) is 0.480. The summed E-state index contributed by atoms with van der Waals surface area (Å²) in [4.78, 5) is 49.0. The second kappa shape index (κ2) is 11.6. The van der Waals surface area contributed by atoms with Crippen LogP contribution in [0, 0.1) is 10.1 Å². The first-order valence-corrected chi connectivity index (χ1v) is 10.4. The molecule has 0 aliphatic carbocycles. The van der Waals surface area contributed by atoms with Gasteiger partial charge in [-0.25, -0.2) is 4.79 Å². The van der Waals surface area contributed by atoms with E-state index in [1.54, 1.807) is 45.3 Å². The molecule has 1 N–H and O–H groups in total. The quantitative estimate of drug-likeness (QED) is 0.330. The number of para-hydroxylation sites is 1. The minimum atomic E-state index is -0.758. The highest BCUT2D eigenvalue weighted by atomic mass is 16.6. The maximum atomic E-state index is 13.0. The molecule has 0 aliphatic heterocycles. The standard InChI is InChI=1S/C23H27N3O7/c1-5-19(18-9-7-8-10-20(18)33-14-21(27)25(3)4)24-22(28)15-11-16(23(29)32-6-2)13-17(12-15)26(30)31/h7-13,19H,5-6,14H2,1-4H3,(H,24,28). The van der Waals surface area contributed by atoms with Crippen molar-refractivity contribution in [2.24, 2.45) is 0 Å². The molecule has 1 unspecified atom stereocenters. The Balaban J connectivity index is 2.31. The van der Waals surface area contributed by atoms with Crippen molar-refractivity contribution in [3.8, 4) is 5.75 Å². The minimum Gasteiger partial charge on any atom is -0.483 e. The maximum absolute atomic E-state index is 13.0. The number of benzene rings is 2. The number of nitro groups is 1. The lowest BCUT2D eigenvalue weighted by Gasteiger charge is -2.21. The van der Waals surface area contributed by atoms with Gasteiger partial charge in [0.1, 0.15) is 5.75 Å². The fraction of sp³-hybridized carbons (Fsp3) is 0.348. The van der Waals surface area contributed by atoms with Crippen LogP contribution in [0.4, 0.5) is 5.69 Å². The molecule has 10 nitrogen and oxygen atoms in total. The van der Waals surface area contributed by atoms with Crippen molar-refractivity contribution in [3.63, 3.8) is 0 Å². The third-order valence-electron chi connectivity index (χ3n) is 4.76. The first-order chi connectivity index (χ1) is 15.7. The molecule has 2 amide bonds. The zero-order valence-electron chi connectivity index (χ0n) is 19.0. The summed E-state index contributed by atoms with van der Waals surface area (Å²) in [6.45, 7) is 3.39. The van der Waals surface area contributed by atoms with Gasteiger partial charge in [0.25, 0.3) is 17.5 Å². The minimum absolute atomic E-state index is 0.0492. The number of carbonyl (C=O) groups excluding carboxylic acids is 3. The van der Waals surface area contributed by atoms with Gasteiger partial charge in [-0.2, -0.15) is 0 Å². The van der Waals surface area contributed by atoms with Crippen LogP contribution >= 0.6 is 0 Å². The second-order valence-electron chi connectivity index (χ2n) is 7.30. The lowest BCUT2D eigenvalue weighted by Crippen LogP contribution is -2.30. The maximum Gasteiger partial charge on any atom is 0.338 e. The molecule has 0 heterocycles. The Kier molecular flexibility index (Phi) is 8.90. The highest BCUT2D eigenvalue weighted by Gasteiger charge is 2.22. The molecule has 0 saturated heterocycles. The molecule has 2 aromatic carbocycles. The lowest BCUT2D eigenvalue weighted by molar-refractivity contribution is -0.384. The Hall–Kier alpha value is -3.95. The fourth-order valence-electron chi connectivity index (χ4n) is 2.99. The topological polar surface area (TPSA) is 128 Å². The number of ether oxygens (including phenoxy) is 2. The van der Waals surface area contributed by atoms with E-state index in [0.717, 1.165) is 12.1 Å². The van der Waals surface area contributed by atoms with E-state index in [4.69, 9.17) is 9.47 Å². The Morgan fingerprint density at radius 2 is 1.76 bits per heavy atom. The Morgan fingerprint density at radius 1 is 1.09 bits per heavy atom. The molecule has 0 aliphatic rings. The summed E-state index contributed by atoms with van der Waals surface area (Å²) >= 11 is 0. The van der Waals surface area contributed by atoms with Gasteiger partial charge in [-0.3, -0.25) is 19.7 Å². The number of hydrogen-bond acceptors (Lipinski definition) is 7. The molecule has 2 rings (SSSR count). The molecule has 0 bridgehead atoms. The van der Waals surface area contributed by atoms with E-state index in [1.165, 1.54) is 11.0 Å². The number of hydrogen-bond donors (Lipinski definition) is 1. The van der Waals surface area contributed by atoms with Gasteiger partial charge in [-0.1, -0.05) is 25.1 Å². The van der Waals surface area contributed by atoms with Crippen LogP contribution in [-0.4, -0.2) is 54.9 Å². The molecule has 2 aromatic rings. The van der Waals surface area contributed by atoms with Gasteiger partial charge in [-0.15, -0.1) is 0 Å². The molecule has 0 radical (unpaired) electrons. The van der Waals surface area contributed by atoms with E-state index in [1.807, 2.05) is 6.92 Å². The second-order valence-corrected chi connectivity index (χ2v) is 7.30. The van der Waals surface area contributed by atoms with E-state index in [0.29, 0.717) is 17.7 Å². The number of likely N-dealkylation sites (N-methyl/N-ethyl adjacent to an activating group) is 1. The van der Waals surface area contributed by atoms with Gasteiger partial charge in [0.2, 0.25) is 0 Å². The molecule has 10 heteroatoms. The van der Waals surface area contributed by atoms with E-state index in [9.17, 15) is 24.5 Å². The first kappa shape index (κ1) is 25.3. The summed E-state index contributed by atoms with van der Waals surface area (Å²) in [5.74, 6) is -1.14. The molecule has 176 valence electrons. The van der Waals surface area contributed by atoms with Crippen molar-refractivity contribution in [2.45, 2.75) is 26.3 Å². The number of amides is 2. The average Bonchev–Trinajstić information content (AvgIpc) is 2.80. The van der Waals surface area contributed by atoms with Crippen LogP contribution in [0.3, 0.4) is 0 Å². The van der Waals surface area contributed by atoms with Crippen molar-refractivity contribution in [1.82, 2.24) is 10.2 Å². The molecular formula is C23H27N3O7. The van der Waals surface area contributed by atoms with Gasteiger partial charge in [0, 0.05) is 37.4 Å². The summed E-state index contributed by atoms with van der Waals surface area (Å²) in [5.41, 5.74) is 0.114. The third-order valence-corrected chi connectivity index (χ3v) is 4.76. The number of non-ortho nitro benzene ring substituents is 1. The van der Waals surface area contributed by atoms with E-state index < -0.39 is 28.5 Å². The Labute approximate surface area is 191 Å². The molecule has 33 heavy (non-hydrogen) atoms. The number of nitrogens with zero attached hydrogens (tertiary/aromatic N) is 2. The predicted octanol–water partition coefficient (Wildman–Crippen LogP) is 3.12. The van der Waals surface area contributed by atoms with Gasteiger partial charge in [0.05, 0.1) is 23.1 Å². The van der Waals surface area contributed by atoms with Gasteiger partial charge in [-0.05, 0) is 25.5 Å². The van der Waals surface area contributed by atoms with Crippen molar-refractivity contribution in [1.29, 1.82) is 0 Å². The van der Waals surface area contributed by atoms with Crippen LogP contribution < -0.4 is 10.1 Å². The Bertz CT molecular complexity index is 1040. The third kappa shape index (κ3) is 6.76. The normalized spacial score (nSPS) is 11.3. The molecule has 0 saturated carbocycles. The highest BCUT2D eigenvalue weighted by molar-refractivity contribution is 5.99. The molecule has 0 aromatic heterocycles. The molecule has 0 spiro atoms. The zero-order valence-corrected chi connectivity index (χ0v) is 19.0. The van der Waals surface area contributed by atoms with Crippen LogP contribution in [0.2, 0.25) is 0 Å². The summed E-state index contributed by atoms with van der Waals surface area (Å²) < 4.78 is 10.6. The fourth-order valence-corrected chi connectivity index (χ4v) is 2.99. The summed E-state index contributed by atoms with van der Waals surface area (Å²) in [5, 5.41) is 14.1. The summed E-state index contributed by atoms with van der Waals surface area (Å²) in [7, 11) is 3.24. The van der Waals surface area contributed by atoms with Gasteiger partial charge in [0.15, 0.2) is 6.61 Å². The average molecular weight is 457 g/mol. The smallest absolute Gasteiger partial charge is 0.338 e. The van der Waals surface area contributed by atoms with Crippen LogP contribution in [0.5, 0.6) is 5.75 Å². The van der Waals surface area contributed by atoms with Crippen molar-refractivity contribution in [2.75, 3.05) is 27.3 Å². The van der Waals surface area contributed by atoms with Crippen LogP contribution in [0.25, 0.3) is 0 Å². The van der Waals surface area contributed by atoms with Crippen molar-refractivity contribution < 1.29 is 28.8 Å². The number of rotatable bonds is 10. The monoisotopic (exact) mass is 457 g/mol. The number of carbonyl (C=O) groups is 3. The van der Waals surface area contributed by atoms with Crippen LogP contribution in [-0.2, 0) is 9.53 Å². The Morgan fingerprint density at radius 3 is 2.36 bits per heavy atom. The molecule has 1 atom stereocenters. The zero-order chi connectivity index (χ0) is 24.5. The summed E-state index contributed by atoms with van der Waals surface area (Å²) in [6, 6.07) is 9.90. The molecular weight excluding hydrogens is 430 g/mol. The van der Waals surface area contributed by atoms with Gasteiger partial charge >= 0.3 is 5.97 Å². The van der Waals surface area contributed by atoms with Crippen LogP contribution in [0.15, 0.2) is 42.5 Å². The SMILES string of the molecule is CCOC(=O)c1cc(C(=O)NC(CC)c2ccccc2OCC(=O)N(C)C)cc([N+](=O)[O-])c1.